The second-order valence-corrected chi connectivity index (χ2v) is 7.79. The Morgan fingerprint density at radius 2 is 1.42 bits per heavy atom. The van der Waals surface area contributed by atoms with Crippen LogP contribution in [0.5, 0.6) is 11.5 Å². The van der Waals surface area contributed by atoms with E-state index in [1.165, 1.54) is 48.5 Å². The molecule has 1 aliphatic heterocycles. The summed E-state index contributed by atoms with van der Waals surface area (Å²) in [6, 6.07) is 9.95. The summed E-state index contributed by atoms with van der Waals surface area (Å²) < 4.78 is 20.6. The van der Waals surface area contributed by atoms with Crippen molar-refractivity contribution in [2.45, 2.75) is 44.5 Å². The smallest absolute Gasteiger partial charge is 0.342 e. The zero-order valence-corrected chi connectivity index (χ0v) is 19.3. The summed E-state index contributed by atoms with van der Waals surface area (Å²) in [6.45, 7) is 1.57. The molecule has 12 heteroatoms. The first kappa shape index (κ1) is 26.8. The minimum absolute atomic E-state index is 0.0636. The standard InChI is InChI=1S/C24H25NO11/c1-12(27)33-16-9-5-3-7-14(16)22(30)25-19-21(20(29)18(11-26)35-24(19)32)36-23(31)15-8-4-6-10-17(15)34-13(2)28/h3-10,18-21,24,26,29,32H,11H2,1-2H3,(H,25,30)/t18-,19-,20-,21-,24-/m1/s1. The molecule has 0 aliphatic carbocycles. The molecule has 0 spiro atoms. The maximum Gasteiger partial charge on any atom is 0.342 e. The molecule has 0 saturated carbocycles. The van der Waals surface area contributed by atoms with Crippen molar-refractivity contribution in [1.29, 1.82) is 0 Å². The van der Waals surface area contributed by atoms with Crippen LogP contribution in [0.4, 0.5) is 0 Å². The van der Waals surface area contributed by atoms with Gasteiger partial charge in [0.2, 0.25) is 0 Å². The minimum Gasteiger partial charge on any atom is -0.453 e. The van der Waals surface area contributed by atoms with Gasteiger partial charge in [0.25, 0.3) is 5.91 Å². The summed E-state index contributed by atoms with van der Waals surface area (Å²) in [6.07, 6.45) is -6.43. The number of nitrogens with one attached hydrogen (secondary N) is 1. The molecule has 12 nitrogen and oxygen atoms in total. The van der Waals surface area contributed by atoms with Gasteiger partial charge in [0.1, 0.15) is 35.3 Å². The summed E-state index contributed by atoms with van der Waals surface area (Å²) in [5.41, 5.74) is -0.240. The molecular weight excluding hydrogens is 478 g/mol. The minimum atomic E-state index is -1.81. The number of aliphatic hydroxyl groups is 3. The number of rotatable bonds is 7. The Balaban J connectivity index is 1.89. The van der Waals surface area contributed by atoms with Crippen LogP contribution in [0.3, 0.4) is 0 Å². The molecule has 3 rings (SSSR count). The van der Waals surface area contributed by atoms with Crippen LogP contribution in [0.2, 0.25) is 0 Å². The lowest BCUT2D eigenvalue weighted by Crippen LogP contribution is -2.65. The number of benzene rings is 2. The van der Waals surface area contributed by atoms with Gasteiger partial charge < -0.3 is 39.6 Å². The quantitative estimate of drug-likeness (QED) is 0.294. The van der Waals surface area contributed by atoms with E-state index in [0.29, 0.717) is 0 Å². The lowest BCUT2D eigenvalue weighted by molar-refractivity contribution is -0.252. The molecule has 1 amide bonds. The van der Waals surface area contributed by atoms with Gasteiger partial charge in [-0.25, -0.2) is 4.79 Å². The lowest BCUT2D eigenvalue weighted by atomic mass is 9.96. The van der Waals surface area contributed by atoms with Crippen LogP contribution < -0.4 is 14.8 Å². The zero-order chi connectivity index (χ0) is 26.4. The molecule has 4 N–H and O–H groups in total. The fraction of sp³-hybridized carbons (Fsp3) is 0.333. The summed E-state index contributed by atoms with van der Waals surface area (Å²) in [7, 11) is 0. The maximum atomic E-state index is 13.0. The van der Waals surface area contributed by atoms with Crippen LogP contribution in [0.25, 0.3) is 0 Å². The van der Waals surface area contributed by atoms with Gasteiger partial charge in [0, 0.05) is 13.8 Å². The first-order valence-electron chi connectivity index (χ1n) is 10.8. The zero-order valence-electron chi connectivity index (χ0n) is 19.3. The summed E-state index contributed by atoms with van der Waals surface area (Å²) >= 11 is 0. The highest BCUT2D eigenvalue weighted by atomic mass is 16.6. The van der Waals surface area contributed by atoms with E-state index in [9.17, 15) is 34.5 Å². The number of hydrogen-bond donors (Lipinski definition) is 4. The van der Waals surface area contributed by atoms with Crippen molar-refractivity contribution < 1.29 is 53.4 Å². The predicted octanol–water partition coefficient (Wildman–Crippen LogP) is -0.0684. The van der Waals surface area contributed by atoms with Gasteiger partial charge in [-0.15, -0.1) is 0 Å². The van der Waals surface area contributed by atoms with Crippen LogP contribution in [0, 0.1) is 0 Å². The third-order valence-electron chi connectivity index (χ3n) is 5.16. The van der Waals surface area contributed by atoms with E-state index in [0.717, 1.165) is 13.8 Å². The van der Waals surface area contributed by atoms with Gasteiger partial charge in [-0.2, -0.15) is 0 Å². The average molecular weight is 503 g/mol. The monoisotopic (exact) mass is 503 g/mol. The fourth-order valence-corrected chi connectivity index (χ4v) is 3.57. The van der Waals surface area contributed by atoms with E-state index < -0.39 is 61.1 Å². The Morgan fingerprint density at radius 3 is 1.97 bits per heavy atom. The van der Waals surface area contributed by atoms with Crippen LogP contribution in [-0.2, 0) is 19.1 Å². The molecule has 192 valence electrons. The molecule has 5 atom stereocenters. The van der Waals surface area contributed by atoms with Gasteiger partial charge in [0.15, 0.2) is 12.4 Å². The lowest BCUT2D eigenvalue weighted by Gasteiger charge is -2.42. The van der Waals surface area contributed by atoms with Gasteiger partial charge in [0.05, 0.1) is 12.2 Å². The largest absolute Gasteiger partial charge is 0.453 e. The highest BCUT2D eigenvalue weighted by Gasteiger charge is 2.48. The number of esters is 3. The summed E-state index contributed by atoms with van der Waals surface area (Å²) in [5, 5.41) is 33.2. The molecule has 1 heterocycles. The van der Waals surface area contributed by atoms with Crippen molar-refractivity contribution in [2.75, 3.05) is 6.61 Å². The SMILES string of the molecule is CC(=O)Oc1ccccc1C(=O)N[C@@H]1[C@@H](OC(=O)c2ccccc2OC(C)=O)[C@H](O)[C@@H](CO)O[C@H]1O. The van der Waals surface area contributed by atoms with Gasteiger partial charge in [-0.05, 0) is 24.3 Å². The van der Waals surface area contributed by atoms with Crippen LogP contribution in [0.1, 0.15) is 34.6 Å². The molecule has 2 aromatic carbocycles. The van der Waals surface area contributed by atoms with E-state index in [1.54, 1.807) is 0 Å². The average Bonchev–Trinajstić information content (AvgIpc) is 2.83. The second-order valence-electron chi connectivity index (χ2n) is 7.79. The third-order valence-corrected chi connectivity index (χ3v) is 5.16. The summed E-state index contributed by atoms with van der Waals surface area (Å²) in [5.74, 6) is -3.40. The Kier molecular flexibility index (Phi) is 8.72. The number of aliphatic hydroxyl groups excluding tert-OH is 3. The maximum absolute atomic E-state index is 13.0. The molecule has 0 aromatic heterocycles. The molecule has 1 fully saturated rings. The van der Waals surface area contributed by atoms with Crippen molar-refractivity contribution in [3.63, 3.8) is 0 Å². The van der Waals surface area contributed by atoms with E-state index in [2.05, 4.69) is 5.32 Å². The first-order chi connectivity index (χ1) is 17.1. The van der Waals surface area contributed by atoms with Crippen molar-refractivity contribution in [1.82, 2.24) is 5.32 Å². The molecule has 0 radical (unpaired) electrons. The molecule has 36 heavy (non-hydrogen) atoms. The second kappa shape index (κ2) is 11.7. The van der Waals surface area contributed by atoms with E-state index in [1.807, 2.05) is 0 Å². The normalized spacial score (nSPS) is 23.3. The fourth-order valence-electron chi connectivity index (χ4n) is 3.57. The van der Waals surface area contributed by atoms with E-state index in [4.69, 9.17) is 18.9 Å². The molecule has 2 aromatic rings. The predicted molar refractivity (Wildman–Crippen MR) is 120 cm³/mol. The molecule has 1 aliphatic rings. The molecular formula is C24H25NO11. The van der Waals surface area contributed by atoms with E-state index in [-0.39, 0.29) is 22.6 Å². The van der Waals surface area contributed by atoms with Crippen LogP contribution in [0.15, 0.2) is 48.5 Å². The topological polar surface area (TPSA) is 178 Å². The molecule has 0 bridgehead atoms. The number of amides is 1. The Labute approximate surface area is 205 Å². The summed E-state index contributed by atoms with van der Waals surface area (Å²) in [4.78, 5) is 48.7. The Morgan fingerprint density at radius 1 is 0.889 bits per heavy atom. The van der Waals surface area contributed by atoms with Gasteiger partial charge in [-0.1, -0.05) is 24.3 Å². The highest BCUT2D eigenvalue weighted by Crippen LogP contribution is 2.27. The van der Waals surface area contributed by atoms with Gasteiger partial charge >= 0.3 is 17.9 Å². The number of hydrogen-bond acceptors (Lipinski definition) is 11. The van der Waals surface area contributed by atoms with Crippen molar-refractivity contribution in [2.24, 2.45) is 0 Å². The first-order valence-corrected chi connectivity index (χ1v) is 10.8. The third kappa shape index (κ3) is 6.23. The molecule has 0 unspecified atom stereocenters. The van der Waals surface area contributed by atoms with Crippen LogP contribution >= 0.6 is 0 Å². The number of ether oxygens (including phenoxy) is 4. The van der Waals surface area contributed by atoms with Crippen molar-refractivity contribution >= 4 is 23.8 Å². The van der Waals surface area contributed by atoms with Crippen molar-refractivity contribution in [3.05, 3.63) is 59.7 Å². The Hall–Kier alpha value is -3.84. The van der Waals surface area contributed by atoms with Gasteiger partial charge in [-0.3, -0.25) is 14.4 Å². The highest BCUT2D eigenvalue weighted by molar-refractivity contribution is 5.98. The Bertz CT molecular complexity index is 1130. The van der Waals surface area contributed by atoms with E-state index >= 15 is 0 Å². The van der Waals surface area contributed by atoms with Crippen molar-refractivity contribution in [3.8, 4) is 11.5 Å². The number of carbonyl (C=O) groups excluding carboxylic acids is 4. The number of carbonyl (C=O) groups is 4. The van der Waals surface area contributed by atoms with Crippen LogP contribution in [-0.4, -0.2) is 76.4 Å². The molecule has 1 saturated heterocycles. The number of para-hydroxylation sites is 2.